The summed E-state index contributed by atoms with van der Waals surface area (Å²) in [5.74, 6) is 0.170. The maximum absolute atomic E-state index is 13.1. The normalized spacial score (nSPS) is 14.0. The number of carbonyl (C=O) groups is 3. The zero-order valence-corrected chi connectivity index (χ0v) is 27.0. The van der Waals surface area contributed by atoms with Crippen LogP contribution in [0.4, 0.5) is 11.4 Å². The Hall–Kier alpha value is -3.60. The van der Waals surface area contributed by atoms with E-state index in [0.717, 1.165) is 25.1 Å². The second-order valence-electron chi connectivity index (χ2n) is 10.8. The number of H-pyrrole nitrogens is 1. The molecule has 0 aliphatic carbocycles. The molecule has 43 heavy (non-hydrogen) atoms. The highest BCUT2D eigenvalue weighted by molar-refractivity contribution is 6.20. The summed E-state index contributed by atoms with van der Waals surface area (Å²) >= 11 is 0. The molecular weight excluding hydrogens is 591 g/mol. The number of hydrogen-bond donors (Lipinski definition) is 1. The van der Waals surface area contributed by atoms with Crippen molar-refractivity contribution in [2.75, 3.05) is 56.7 Å². The quantitative estimate of drug-likeness (QED) is 0.230. The number of amides is 3. The number of aromatic amines is 1. The number of halogens is 2. The highest BCUT2D eigenvalue weighted by Crippen LogP contribution is 2.40. The third-order valence-electron chi connectivity index (χ3n) is 7.52. The van der Waals surface area contributed by atoms with Crippen molar-refractivity contribution in [1.82, 2.24) is 19.8 Å². The van der Waals surface area contributed by atoms with Crippen molar-refractivity contribution in [3.05, 3.63) is 72.3 Å². The predicted octanol–water partition coefficient (Wildman–Crippen LogP) is 4.65. The minimum Gasteiger partial charge on any atom is -0.493 e. The van der Waals surface area contributed by atoms with E-state index in [1.165, 1.54) is 0 Å². The molecule has 0 saturated carbocycles. The van der Waals surface area contributed by atoms with Gasteiger partial charge >= 0.3 is 0 Å². The van der Waals surface area contributed by atoms with E-state index < -0.39 is 5.41 Å². The van der Waals surface area contributed by atoms with Gasteiger partial charge in [-0.25, -0.2) is 0 Å². The van der Waals surface area contributed by atoms with Gasteiger partial charge in [0.15, 0.2) is 0 Å². The molecule has 234 valence electrons. The summed E-state index contributed by atoms with van der Waals surface area (Å²) in [4.78, 5) is 53.2. The van der Waals surface area contributed by atoms with Crippen LogP contribution in [0.5, 0.6) is 5.75 Å². The molecule has 1 aliphatic heterocycles. The number of fused-ring (bicyclic) bond motifs is 1. The van der Waals surface area contributed by atoms with Crippen molar-refractivity contribution in [1.29, 1.82) is 0 Å². The molecule has 10 nitrogen and oxygen atoms in total. The number of carbonyl (C=O) groups excluding carboxylic acids is 3. The summed E-state index contributed by atoms with van der Waals surface area (Å²) in [6.07, 6.45) is 7.79. The first-order chi connectivity index (χ1) is 19.6. The molecule has 4 rings (SSSR count). The zero-order valence-electron chi connectivity index (χ0n) is 25.4. The fourth-order valence-electron chi connectivity index (χ4n) is 5.04. The van der Waals surface area contributed by atoms with Gasteiger partial charge in [-0.15, -0.1) is 24.8 Å². The number of pyridine rings is 1. The summed E-state index contributed by atoms with van der Waals surface area (Å²) in [6, 6.07) is 11.3. The van der Waals surface area contributed by atoms with E-state index in [-0.39, 0.29) is 42.5 Å². The molecule has 0 unspecified atom stereocenters. The highest BCUT2D eigenvalue weighted by atomic mass is 35.5. The van der Waals surface area contributed by atoms with Gasteiger partial charge in [-0.3, -0.25) is 24.3 Å². The Morgan fingerprint density at radius 1 is 1.00 bits per heavy atom. The van der Waals surface area contributed by atoms with Gasteiger partial charge < -0.3 is 24.4 Å². The lowest BCUT2D eigenvalue weighted by Crippen LogP contribution is -2.47. The van der Waals surface area contributed by atoms with Crippen LogP contribution in [0.3, 0.4) is 0 Å². The largest absolute Gasteiger partial charge is 0.493 e. The van der Waals surface area contributed by atoms with Crippen LogP contribution in [0.1, 0.15) is 43.1 Å². The molecule has 0 bridgehead atoms. The Kier molecular flexibility index (Phi) is 13.0. The number of nitrogens with one attached hydrogen (secondary N) is 1. The average molecular weight is 634 g/mol. The van der Waals surface area contributed by atoms with E-state index in [1.54, 1.807) is 66.4 Å². The van der Waals surface area contributed by atoms with Crippen LogP contribution in [-0.4, -0.2) is 84.4 Å². The minimum atomic E-state index is -1.15. The van der Waals surface area contributed by atoms with Crippen molar-refractivity contribution >= 4 is 53.9 Å². The van der Waals surface area contributed by atoms with Crippen LogP contribution < -0.4 is 14.5 Å². The molecule has 2 aromatic heterocycles. The SMILES string of the molecule is CCN1C(=O)C(C)(C)C(=O)N(C)c2cc(OCCCN(CCN(C)C(=O)c3cc[nH]c3)Cc3ccncc3)ccc21.Cl.Cl. The zero-order chi connectivity index (χ0) is 29.6. The number of ether oxygens (including phenoxy) is 1. The first-order valence-corrected chi connectivity index (χ1v) is 14.0. The second kappa shape index (κ2) is 15.7. The van der Waals surface area contributed by atoms with Crippen molar-refractivity contribution in [2.24, 2.45) is 5.41 Å². The molecule has 0 radical (unpaired) electrons. The van der Waals surface area contributed by atoms with Crippen LogP contribution >= 0.6 is 24.8 Å². The van der Waals surface area contributed by atoms with Crippen LogP contribution in [-0.2, 0) is 16.1 Å². The van der Waals surface area contributed by atoms with E-state index in [2.05, 4.69) is 14.9 Å². The Balaban J connectivity index is 0.00000323. The third kappa shape index (κ3) is 8.28. The molecule has 0 fully saturated rings. The Labute approximate surface area is 266 Å². The van der Waals surface area contributed by atoms with Gasteiger partial charge in [-0.05, 0) is 63.1 Å². The van der Waals surface area contributed by atoms with Crippen molar-refractivity contribution in [2.45, 2.75) is 33.7 Å². The summed E-state index contributed by atoms with van der Waals surface area (Å²) in [5.41, 5.74) is 2.00. The Morgan fingerprint density at radius 3 is 2.37 bits per heavy atom. The number of anilines is 2. The lowest BCUT2D eigenvalue weighted by Gasteiger charge is -2.27. The van der Waals surface area contributed by atoms with E-state index in [4.69, 9.17) is 4.74 Å². The molecule has 1 aromatic carbocycles. The Bertz CT molecular complexity index is 1350. The maximum atomic E-state index is 13.1. The maximum Gasteiger partial charge on any atom is 0.255 e. The van der Waals surface area contributed by atoms with Crippen molar-refractivity contribution in [3.63, 3.8) is 0 Å². The van der Waals surface area contributed by atoms with Gasteiger partial charge in [0, 0.05) is 77.7 Å². The third-order valence-corrected chi connectivity index (χ3v) is 7.52. The first kappa shape index (κ1) is 35.6. The molecule has 3 heterocycles. The van der Waals surface area contributed by atoms with Gasteiger partial charge in [0.2, 0.25) is 11.8 Å². The number of likely N-dealkylation sites (N-methyl/N-ethyl adjacent to an activating group) is 1. The molecule has 0 spiro atoms. The minimum absolute atomic E-state index is 0. The van der Waals surface area contributed by atoms with Crippen LogP contribution in [0.2, 0.25) is 0 Å². The monoisotopic (exact) mass is 632 g/mol. The Morgan fingerprint density at radius 2 is 1.72 bits per heavy atom. The number of aromatic nitrogens is 2. The van der Waals surface area contributed by atoms with Crippen LogP contribution in [0, 0.1) is 5.41 Å². The standard InChI is InChI=1S/C31H40N6O4.2ClH/c1-6-37-26-9-8-25(20-27(26)35(5)29(39)31(2,3)30(37)40)41-19-7-16-36(22-23-10-13-32-14-11-23)18-17-34(4)28(38)24-12-15-33-21-24;;/h8-15,20-21,33H,6-7,16-19,22H2,1-5H3;2*1H. The first-order valence-electron chi connectivity index (χ1n) is 14.0. The fourth-order valence-corrected chi connectivity index (χ4v) is 5.04. The molecule has 3 aromatic rings. The molecule has 12 heteroatoms. The molecule has 0 saturated heterocycles. The predicted molar refractivity (Wildman–Crippen MR) is 174 cm³/mol. The van der Waals surface area contributed by atoms with Crippen LogP contribution in [0.25, 0.3) is 0 Å². The van der Waals surface area contributed by atoms with Gasteiger partial charge in [0.1, 0.15) is 11.2 Å². The van der Waals surface area contributed by atoms with Gasteiger partial charge in [-0.2, -0.15) is 0 Å². The summed E-state index contributed by atoms with van der Waals surface area (Å²) in [7, 11) is 3.52. The molecular formula is C31H42Cl2N6O4. The number of benzene rings is 1. The van der Waals surface area contributed by atoms with E-state index in [9.17, 15) is 14.4 Å². The topological polar surface area (TPSA) is 102 Å². The molecule has 1 aliphatic rings. The number of rotatable bonds is 12. The van der Waals surface area contributed by atoms with Gasteiger partial charge in [0.05, 0.1) is 23.5 Å². The lowest BCUT2D eigenvalue weighted by atomic mass is 9.90. The lowest BCUT2D eigenvalue weighted by molar-refractivity contribution is -0.137. The molecule has 1 N–H and O–H groups in total. The number of hydrogen-bond acceptors (Lipinski definition) is 6. The van der Waals surface area contributed by atoms with Gasteiger partial charge in [0.25, 0.3) is 5.91 Å². The van der Waals surface area contributed by atoms with E-state index in [0.29, 0.717) is 48.9 Å². The van der Waals surface area contributed by atoms with Gasteiger partial charge in [-0.1, -0.05) is 0 Å². The summed E-state index contributed by atoms with van der Waals surface area (Å²) < 4.78 is 6.11. The average Bonchev–Trinajstić information content (AvgIpc) is 3.51. The molecule has 3 amide bonds. The summed E-state index contributed by atoms with van der Waals surface area (Å²) in [5, 5.41) is 0. The van der Waals surface area contributed by atoms with Crippen molar-refractivity contribution < 1.29 is 19.1 Å². The second-order valence-corrected chi connectivity index (χ2v) is 10.8. The van der Waals surface area contributed by atoms with Crippen LogP contribution in [0.15, 0.2) is 61.2 Å². The number of nitrogens with zero attached hydrogens (tertiary/aromatic N) is 5. The van der Waals surface area contributed by atoms with Crippen molar-refractivity contribution in [3.8, 4) is 5.75 Å². The summed E-state index contributed by atoms with van der Waals surface area (Å²) in [6.45, 7) is 8.99. The highest BCUT2D eigenvalue weighted by Gasteiger charge is 2.45. The molecule has 0 atom stereocenters. The fraction of sp³-hybridized carbons (Fsp3) is 0.419. The van der Waals surface area contributed by atoms with E-state index in [1.807, 2.05) is 44.3 Å². The van der Waals surface area contributed by atoms with E-state index >= 15 is 0 Å². The smallest absolute Gasteiger partial charge is 0.255 e.